The van der Waals surface area contributed by atoms with Crippen molar-refractivity contribution in [2.75, 3.05) is 5.73 Å². The first-order chi connectivity index (χ1) is 11.7. The maximum atomic E-state index is 6.71. The number of hydrogen-bond acceptors (Lipinski definition) is 4. The smallest absolute Gasteiger partial charge is 0.154 e. The molecule has 4 nitrogen and oxygen atoms in total. The zero-order valence-corrected chi connectivity index (χ0v) is 13.7. The summed E-state index contributed by atoms with van der Waals surface area (Å²) in [6.45, 7) is 0. The lowest BCUT2D eigenvalue weighted by Gasteiger charge is -2.40. The minimum Gasteiger partial charge on any atom is -0.384 e. The molecule has 1 heterocycles. The number of nitrogens with two attached hydrogens (primary N) is 2. The second kappa shape index (κ2) is 6.04. The molecule has 3 atom stereocenters. The van der Waals surface area contributed by atoms with Gasteiger partial charge in [-0.2, -0.15) is 0 Å². The van der Waals surface area contributed by atoms with E-state index in [9.17, 15) is 0 Å². The van der Waals surface area contributed by atoms with Gasteiger partial charge in [-0.3, -0.25) is 0 Å². The van der Waals surface area contributed by atoms with Gasteiger partial charge in [0.05, 0.1) is 11.8 Å². The minimum absolute atomic E-state index is 0.127. The van der Waals surface area contributed by atoms with Crippen LogP contribution in [-0.4, -0.2) is 17.1 Å². The molecule has 0 spiro atoms. The molecular formula is C20H23N3O. The van der Waals surface area contributed by atoms with E-state index in [0.717, 1.165) is 37.0 Å². The summed E-state index contributed by atoms with van der Waals surface area (Å²) in [6, 6.07) is 5.95. The highest BCUT2D eigenvalue weighted by Gasteiger charge is 2.42. The molecule has 0 bridgehead atoms. The Kier molecular flexibility index (Phi) is 3.87. The van der Waals surface area contributed by atoms with E-state index in [0.29, 0.717) is 5.82 Å². The summed E-state index contributed by atoms with van der Waals surface area (Å²) in [5, 5.41) is 0. The lowest BCUT2D eigenvalue weighted by Crippen LogP contribution is -2.41. The van der Waals surface area contributed by atoms with Crippen molar-refractivity contribution in [1.29, 1.82) is 0 Å². The fourth-order valence-electron chi connectivity index (χ4n) is 3.89. The van der Waals surface area contributed by atoms with E-state index < -0.39 is 5.60 Å². The summed E-state index contributed by atoms with van der Waals surface area (Å²) >= 11 is 0. The fourth-order valence-corrected chi connectivity index (χ4v) is 3.89. The van der Waals surface area contributed by atoms with E-state index in [-0.39, 0.29) is 12.1 Å². The van der Waals surface area contributed by atoms with Gasteiger partial charge in [0.2, 0.25) is 0 Å². The molecule has 4 rings (SSSR count). The van der Waals surface area contributed by atoms with E-state index in [1.54, 1.807) is 6.07 Å². The molecule has 1 aromatic heterocycles. The molecule has 1 saturated carbocycles. The number of anilines is 1. The number of rotatable bonds is 3. The molecule has 0 saturated heterocycles. The molecule has 3 aliphatic rings. The molecule has 0 aliphatic heterocycles. The SMILES string of the molecule is Nc1cccc(C2(OC3CCCC(N)C3)C=CC=C3C=CC=C32)n1. The molecule has 4 N–H and O–H groups in total. The van der Waals surface area contributed by atoms with Crippen molar-refractivity contribution in [2.45, 2.75) is 43.4 Å². The Labute approximate surface area is 142 Å². The van der Waals surface area contributed by atoms with E-state index in [1.165, 1.54) is 5.57 Å². The molecule has 1 fully saturated rings. The average molecular weight is 321 g/mol. The van der Waals surface area contributed by atoms with Gasteiger partial charge in [0.1, 0.15) is 5.82 Å². The van der Waals surface area contributed by atoms with Crippen LogP contribution in [-0.2, 0) is 10.3 Å². The molecular weight excluding hydrogens is 298 g/mol. The Morgan fingerprint density at radius 2 is 2.08 bits per heavy atom. The summed E-state index contributed by atoms with van der Waals surface area (Å²) in [5.74, 6) is 0.506. The second-order valence-electron chi connectivity index (χ2n) is 6.77. The van der Waals surface area contributed by atoms with Crippen LogP contribution in [0.1, 0.15) is 31.4 Å². The van der Waals surface area contributed by atoms with Crippen LogP contribution >= 0.6 is 0 Å². The lowest BCUT2D eigenvalue weighted by atomic mass is 9.81. The van der Waals surface area contributed by atoms with E-state index >= 15 is 0 Å². The first-order valence-corrected chi connectivity index (χ1v) is 8.62. The Hall–Kier alpha value is -2.17. The monoisotopic (exact) mass is 321 g/mol. The van der Waals surface area contributed by atoms with Crippen LogP contribution in [0.5, 0.6) is 0 Å². The number of nitrogen functional groups attached to an aromatic ring is 1. The van der Waals surface area contributed by atoms with Gasteiger partial charge in [0.25, 0.3) is 0 Å². The molecule has 3 unspecified atom stereocenters. The minimum atomic E-state index is -0.690. The lowest BCUT2D eigenvalue weighted by molar-refractivity contribution is -0.0639. The highest BCUT2D eigenvalue weighted by molar-refractivity contribution is 5.60. The van der Waals surface area contributed by atoms with Crippen molar-refractivity contribution in [3.05, 3.63) is 71.5 Å². The standard InChI is InChI=1S/C20H23N3O/c21-15-7-2-8-16(13-15)24-20(18-10-3-11-19(22)23-18)12-4-6-14-5-1-9-17(14)20/h1,3-6,9-12,15-16H,2,7-8,13,21H2,(H2,22,23). The summed E-state index contributed by atoms with van der Waals surface area (Å²) in [7, 11) is 0. The largest absolute Gasteiger partial charge is 0.384 e. The van der Waals surface area contributed by atoms with Crippen molar-refractivity contribution in [2.24, 2.45) is 5.73 Å². The maximum absolute atomic E-state index is 6.71. The molecule has 0 radical (unpaired) electrons. The van der Waals surface area contributed by atoms with Crippen LogP contribution in [0.2, 0.25) is 0 Å². The molecule has 0 aromatic carbocycles. The van der Waals surface area contributed by atoms with Gasteiger partial charge in [-0.1, -0.05) is 36.4 Å². The number of allylic oxidation sites excluding steroid dienone is 5. The van der Waals surface area contributed by atoms with Gasteiger partial charge in [0.15, 0.2) is 5.60 Å². The first-order valence-electron chi connectivity index (χ1n) is 8.62. The molecule has 1 aromatic rings. The quantitative estimate of drug-likeness (QED) is 0.897. The van der Waals surface area contributed by atoms with Gasteiger partial charge in [-0.15, -0.1) is 0 Å². The number of hydrogen-bond donors (Lipinski definition) is 2. The van der Waals surface area contributed by atoms with Crippen LogP contribution in [0.15, 0.2) is 65.8 Å². The first kappa shape index (κ1) is 15.4. The summed E-state index contributed by atoms with van der Waals surface area (Å²) in [5.41, 5.74) is 14.6. The third-order valence-corrected chi connectivity index (χ3v) is 5.03. The molecule has 0 amide bonds. The highest BCUT2D eigenvalue weighted by atomic mass is 16.5. The van der Waals surface area contributed by atoms with E-state index in [4.69, 9.17) is 16.2 Å². The zero-order valence-electron chi connectivity index (χ0n) is 13.7. The highest BCUT2D eigenvalue weighted by Crippen LogP contribution is 2.45. The van der Waals surface area contributed by atoms with E-state index in [1.807, 2.05) is 12.1 Å². The van der Waals surface area contributed by atoms with Crippen LogP contribution in [0.25, 0.3) is 0 Å². The molecule has 4 heteroatoms. The van der Waals surface area contributed by atoms with E-state index in [2.05, 4.69) is 41.4 Å². The number of pyridine rings is 1. The second-order valence-corrected chi connectivity index (χ2v) is 6.77. The average Bonchev–Trinajstić information content (AvgIpc) is 3.05. The predicted molar refractivity (Wildman–Crippen MR) is 96.1 cm³/mol. The zero-order chi connectivity index (χ0) is 16.6. The molecule has 3 aliphatic carbocycles. The Balaban J connectivity index is 1.76. The topological polar surface area (TPSA) is 74.2 Å². The van der Waals surface area contributed by atoms with Crippen LogP contribution < -0.4 is 11.5 Å². The van der Waals surface area contributed by atoms with Gasteiger partial charge in [-0.05, 0) is 49.5 Å². The van der Waals surface area contributed by atoms with Crippen molar-refractivity contribution in [1.82, 2.24) is 4.98 Å². The predicted octanol–water partition coefficient (Wildman–Crippen LogP) is 3.14. The van der Waals surface area contributed by atoms with Gasteiger partial charge in [0, 0.05) is 11.6 Å². The van der Waals surface area contributed by atoms with Crippen LogP contribution in [0.3, 0.4) is 0 Å². The van der Waals surface area contributed by atoms with Crippen LogP contribution in [0.4, 0.5) is 5.82 Å². The number of nitrogens with zero attached hydrogens (tertiary/aromatic N) is 1. The summed E-state index contributed by atoms with van der Waals surface area (Å²) < 4.78 is 6.71. The Morgan fingerprint density at radius 1 is 1.17 bits per heavy atom. The van der Waals surface area contributed by atoms with Gasteiger partial charge < -0.3 is 16.2 Å². The van der Waals surface area contributed by atoms with Gasteiger partial charge >= 0.3 is 0 Å². The molecule has 24 heavy (non-hydrogen) atoms. The maximum Gasteiger partial charge on any atom is 0.154 e. The van der Waals surface area contributed by atoms with Crippen molar-refractivity contribution in [3.8, 4) is 0 Å². The Morgan fingerprint density at radius 3 is 2.92 bits per heavy atom. The van der Waals surface area contributed by atoms with Crippen LogP contribution in [0, 0.1) is 0 Å². The summed E-state index contributed by atoms with van der Waals surface area (Å²) in [4.78, 5) is 4.59. The third kappa shape index (κ3) is 2.62. The number of ether oxygens (including phenoxy) is 1. The van der Waals surface area contributed by atoms with Crippen molar-refractivity contribution < 1.29 is 4.74 Å². The van der Waals surface area contributed by atoms with Crippen molar-refractivity contribution >= 4 is 5.82 Å². The normalized spacial score (nSPS) is 31.5. The fraction of sp³-hybridized carbons (Fsp3) is 0.350. The summed E-state index contributed by atoms with van der Waals surface area (Å²) in [6.07, 6.45) is 16.8. The van der Waals surface area contributed by atoms with Gasteiger partial charge in [-0.25, -0.2) is 4.98 Å². The van der Waals surface area contributed by atoms with Crippen molar-refractivity contribution in [3.63, 3.8) is 0 Å². The Bertz CT molecular complexity index is 762. The third-order valence-electron chi connectivity index (χ3n) is 5.03. The molecule has 124 valence electrons. The number of fused-ring (bicyclic) bond motifs is 1. The number of aromatic nitrogens is 1.